The Morgan fingerprint density at radius 2 is 1.73 bits per heavy atom. The molecule has 1 atom stereocenters. The Balaban J connectivity index is 1.26. The number of ether oxygens (including phenoxy) is 1. The molecular weight excluding hydrogens is 464 g/mol. The van der Waals surface area contributed by atoms with E-state index in [-0.39, 0.29) is 5.97 Å². The van der Waals surface area contributed by atoms with Gasteiger partial charge in [0.15, 0.2) is 5.76 Å². The zero-order valence-electron chi connectivity index (χ0n) is 21.3. The third kappa shape index (κ3) is 5.20. The van der Waals surface area contributed by atoms with Crippen LogP contribution in [0, 0.1) is 6.92 Å². The summed E-state index contributed by atoms with van der Waals surface area (Å²) in [6.45, 7) is 4.21. The molecule has 4 aromatic rings. The van der Waals surface area contributed by atoms with Crippen LogP contribution in [0.15, 0.2) is 77.6 Å². The quantitative estimate of drug-likeness (QED) is 0.257. The van der Waals surface area contributed by atoms with Crippen molar-refractivity contribution >= 4 is 5.97 Å². The number of rotatable bonds is 10. The zero-order chi connectivity index (χ0) is 25.8. The maximum Gasteiger partial charge on any atom is 0.316 e. The Hall–Kier alpha value is -3.77. The average Bonchev–Trinajstić information content (AvgIpc) is 3.68. The van der Waals surface area contributed by atoms with E-state index in [9.17, 15) is 9.90 Å². The molecule has 0 spiro atoms. The predicted molar refractivity (Wildman–Crippen MR) is 142 cm³/mol. The van der Waals surface area contributed by atoms with Gasteiger partial charge in [-0.15, -0.1) is 0 Å². The molecular formula is C31H32N2O4. The zero-order valence-corrected chi connectivity index (χ0v) is 21.3. The molecule has 0 saturated heterocycles. The Kier molecular flexibility index (Phi) is 7.19. The summed E-state index contributed by atoms with van der Waals surface area (Å²) in [4.78, 5) is 16.5. The maximum absolute atomic E-state index is 12.4. The third-order valence-electron chi connectivity index (χ3n) is 7.29. The monoisotopic (exact) mass is 496 g/mol. The van der Waals surface area contributed by atoms with Crippen molar-refractivity contribution in [2.24, 2.45) is 0 Å². The van der Waals surface area contributed by atoms with Gasteiger partial charge >= 0.3 is 5.97 Å². The second kappa shape index (κ2) is 10.7. The lowest BCUT2D eigenvalue weighted by Crippen LogP contribution is -2.23. The molecule has 0 radical (unpaired) electrons. The van der Waals surface area contributed by atoms with Gasteiger partial charge in [-0.1, -0.05) is 59.8 Å². The van der Waals surface area contributed by atoms with E-state index in [1.807, 2.05) is 38.1 Å². The van der Waals surface area contributed by atoms with Crippen molar-refractivity contribution in [2.75, 3.05) is 6.61 Å². The van der Waals surface area contributed by atoms with Gasteiger partial charge in [0.25, 0.3) is 0 Å². The van der Waals surface area contributed by atoms with Crippen LogP contribution in [0.2, 0.25) is 0 Å². The minimum atomic E-state index is -0.532. The molecule has 1 aliphatic rings. The van der Waals surface area contributed by atoms with E-state index in [4.69, 9.17) is 9.26 Å². The van der Waals surface area contributed by atoms with E-state index < -0.39 is 11.5 Å². The lowest BCUT2D eigenvalue weighted by Gasteiger charge is -2.14. The molecule has 1 saturated carbocycles. The van der Waals surface area contributed by atoms with Crippen molar-refractivity contribution in [1.29, 1.82) is 0 Å². The molecule has 1 fully saturated rings. The first kappa shape index (κ1) is 24.9. The molecule has 2 heterocycles. The molecule has 2 aromatic carbocycles. The van der Waals surface area contributed by atoms with Gasteiger partial charge in [-0.25, -0.2) is 0 Å². The van der Waals surface area contributed by atoms with Crippen LogP contribution in [0.3, 0.4) is 0 Å². The number of aryl methyl sites for hydroxylation is 1. The van der Waals surface area contributed by atoms with Crippen LogP contribution in [0.25, 0.3) is 22.5 Å². The number of aliphatic hydroxyl groups excluding tert-OH is 1. The first-order valence-corrected chi connectivity index (χ1v) is 12.9. The second-order valence-corrected chi connectivity index (χ2v) is 9.73. The van der Waals surface area contributed by atoms with Gasteiger partial charge < -0.3 is 14.4 Å². The van der Waals surface area contributed by atoms with Crippen LogP contribution >= 0.6 is 0 Å². The Bertz CT molecular complexity index is 1340. The minimum absolute atomic E-state index is 0.114. The number of esters is 1. The Labute approximate surface area is 217 Å². The van der Waals surface area contributed by atoms with Crippen molar-refractivity contribution in [1.82, 2.24) is 10.1 Å². The van der Waals surface area contributed by atoms with Crippen molar-refractivity contribution in [2.45, 2.75) is 57.5 Å². The number of carbonyl (C=O) groups is 1. The standard InChI is InChI=1S/C31H32N2O4/c1-3-36-30(35)31(17-18-31)26-15-13-23(14-16-26)22-9-11-24(12-10-22)29-27(21(2)33-37-29)7-4-8-28(34)25-6-5-19-32-20-25/h5-6,9-16,19-20,28,34H,3-4,7-8,17-18H2,1-2H3. The van der Waals surface area contributed by atoms with Crippen LogP contribution < -0.4 is 0 Å². The average molecular weight is 497 g/mol. The van der Waals surface area contributed by atoms with Gasteiger partial charge in [0.05, 0.1) is 23.8 Å². The smallest absolute Gasteiger partial charge is 0.316 e. The van der Waals surface area contributed by atoms with Gasteiger partial charge in [0.1, 0.15) is 0 Å². The normalized spacial score (nSPS) is 14.8. The highest BCUT2D eigenvalue weighted by atomic mass is 16.5. The number of aromatic nitrogens is 2. The number of hydrogen-bond donors (Lipinski definition) is 1. The van der Waals surface area contributed by atoms with E-state index >= 15 is 0 Å². The van der Waals surface area contributed by atoms with Gasteiger partial charge in [-0.2, -0.15) is 0 Å². The molecule has 37 heavy (non-hydrogen) atoms. The number of aliphatic hydroxyl groups is 1. The summed E-state index contributed by atoms with van der Waals surface area (Å²) in [5.41, 5.74) is 6.52. The Morgan fingerprint density at radius 1 is 1.05 bits per heavy atom. The molecule has 6 nitrogen and oxygen atoms in total. The summed E-state index contributed by atoms with van der Waals surface area (Å²) in [5.74, 6) is 0.664. The van der Waals surface area contributed by atoms with Gasteiger partial charge in [0, 0.05) is 23.5 Å². The van der Waals surface area contributed by atoms with Crippen molar-refractivity contribution in [3.05, 3.63) is 95.4 Å². The molecule has 0 amide bonds. The highest BCUT2D eigenvalue weighted by Crippen LogP contribution is 2.49. The van der Waals surface area contributed by atoms with Gasteiger partial charge in [-0.3, -0.25) is 9.78 Å². The highest BCUT2D eigenvalue weighted by molar-refractivity contribution is 5.87. The summed E-state index contributed by atoms with van der Waals surface area (Å²) in [6.07, 6.45) is 6.80. The molecule has 2 aromatic heterocycles. The minimum Gasteiger partial charge on any atom is -0.465 e. The van der Waals surface area contributed by atoms with E-state index in [0.29, 0.717) is 13.0 Å². The predicted octanol–water partition coefficient (Wildman–Crippen LogP) is 6.36. The molecule has 1 unspecified atom stereocenters. The van der Waals surface area contributed by atoms with E-state index in [1.54, 1.807) is 12.4 Å². The van der Waals surface area contributed by atoms with Crippen LogP contribution in [0.4, 0.5) is 0 Å². The molecule has 5 rings (SSSR count). The summed E-state index contributed by atoms with van der Waals surface area (Å²) >= 11 is 0. The number of carbonyl (C=O) groups excluding carboxylic acids is 1. The molecule has 0 bridgehead atoms. The van der Waals surface area contributed by atoms with Gasteiger partial charge in [-0.05, 0) is 74.3 Å². The first-order chi connectivity index (χ1) is 18.0. The first-order valence-electron chi connectivity index (χ1n) is 12.9. The number of pyridine rings is 1. The van der Waals surface area contributed by atoms with Crippen LogP contribution in [0.1, 0.15) is 61.1 Å². The number of nitrogens with zero attached hydrogens (tertiary/aromatic N) is 2. The summed E-state index contributed by atoms with van der Waals surface area (Å²) in [5, 5.41) is 14.7. The fourth-order valence-electron chi connectivity index (χ4n) is 4.92. The number of benzene rings is 2. The van der Waals surface area contributed by atoms with E-state index in [2.05, 4.69) is 46.5 Å². The molecule has 1 aliphatic carbocycles. The van der Waals surface area contributed by atoms with E-state index in [0.717, 1.165) is 70.5 Å². The van der Waals surface area contributed by atoms with Gasteiger partial charge in [0.2, 0.25) is 0 Å². The summed E-state index contributed by atoms with van der Waals surface area (Å²) in [7, 11) is 0. The van der Waals surface area contributed by atoms with Crippen LogP contribution in [0.5, 0.6) is 0 Å². The fourth-order valence-corrected chi connectivity index (χ4v) is 4.92. The van der Waals surface area contributed by atoms with Crippen molar-refractivity contribution in [3.8, 4) is 22.5 Å². The number of hydrogen-bond acceptors (Lipinski definition) is 6. The summed E-state index contributed by atoms with van der Waals surface area (Å²) < 4.78 is 11.0. The molecule has 1 N–H and O–H groups in total. The lowest BCUT2D eigenvalue weighted by molar-refractivity contribution is -0.146. The Morgan fingerprint density at radius 3 is 2.35 bits per heavy atom. The second-order valence-electron chi connectivity index (χ2n) is 9.73. The SMILES string of the molecule is CCOC(=O)C1(c2ccc(-c3ccc(-c4onc(C)c4CCCC(O)c4cccnc4)cc3)cc2)CC1. The highest BCUT2D eigenvalue weighted by Gasteiger charge is 2.52. The third-order valence-corrected chi connectivity index (χ3v) is 7.29. The largest absolute Gasteiger partial charge is 0.465 e. The molecule has 6 heteroatoms. The van der Waals surface area contributed by atoms with E-state index in [1.165, 1.54) is 0 Å². The molecule has 0 aliphatic heterocycles. The summed E-state index contributed by atoms with van der Waals surface area (Å²) in [6, 6.07) is 20.2. The fraction of sp³-hybridized carbons (Fsp3) is 0.323. The maximum atomic E-state index is 12.4. The topological polar surface area (TPSA) is 85.5 Å². The van der Waals surface area contributed by atoms with Crippen molar-refractivity contribution < 1.29 is 19.2 Å². The van der Waals surface area contributed by atoms with Crippen LogP contribution in [-0.2, 0) is 21.4 Å². The van der Waals surface area contributed by atoms with Crippen LogP contribution in [-0.4, -0.2) is 27.8 Å². The van der Waals surface area contributed by atoms with Crippen molar-refractivity contribution in [3.63, 3.8) is 0 Å². The molecule has 190 valence electrons. The lowest BCUT2D eigenvalue weighted by atomic mass is 9.93.